The van der Waals surface area contributed by atoms with Gasteiger partial charge in [-0.3, -0.25) is 5.10 Å². The van der Waals surface area contributed by atoms with Crippen molar-refractivity contribution in [3.8, 4) is 0 Å². The molecule has 1 aromatic heterocycles. The first-order chi connectivity index (χ1) is 14.9. The predicted octanol–water partition coefficient (Wildman–Crippen LogP) is 4.50. The van der Waals surface area contributed by atoms with Crippen molar-refractivity contribution in [1.82, 2.24) is 10.2 Å². The highest BCUT2D eigenvalue weighted by Crippen LogP contribution is 2.61. The number of hydrogen-bond acceptors (Lipinski definition) is 4. The van der Waals surface area contributed by atoms with Crippen molar-refractivity contribution in [3.63, 3.8) is 0 Å². The Hall–Kier alpha value is -2.37. The molecule has 4 unspecified atom stereocenters. The van der Waals surface area contributed by atoms with Crippen LogP contribution in [0, 0.1) is 17.3 Å². The number of H-pyrrole nitrogens is 1. The third kappa shape index (κ3) is 2.72. The largest absolute Gasteiger partial charge is 0.393 e. The average Bonchev–Trinajstić information content (AvgIpc) is 3.25. The third-order valence-corrected chi connectivity index (χ3v) is 8.73. The lowest BCUT2D eigenvalue weighted by Gasteiger charge is -2.48. The standard InChI is InChI=1S/C26H31N3O2/c1-25-10-9-18-12-17-13-19(30)4-2-15(17)8-11-26(18,31)23(25)7-6-21(25)16-3-5-20-22(14-16)28-29-24(20)27/h3,5-6,9,12,14-15,19,23,30-31H,2,4,7-8,10-11,13H2,1H3,(H3,27,28,29)/t15?,19?,23?,25?,26-/m1/s1. The van der Waals surface area contributed by atoms with E-state index >= 15 is 0 Å². The van der Waals surface area contributed by atoms with Crippen molar-refractivity contribution in [3.05, 3.63) is 53.1 Å². The van der Waals surface area contributed by atoms with E-state index < -0.39 is 5.60 Å². The number of hydrogen-bond donors (Lipinski definition) is 4. The number of rotatable bonds is 1. The van der Waals surface area contributed by atoms with Crippen LogP contribution < -0.4 is 5.73 Å². The molecule has 0 radical (unpaired) electrons. The summed E-state index contributed by atoms with van der Waals surface area (Å²) in [5.74, 6) is 1.20. The van der Waals surface area contributed by atoms with Gasteiger partial charge in [-0.1, -0.05) is 36.8 Å². The third-order valence-electron chi connectivity index (χ3n) is 8.73. The second-order valence-corrected chi connectivity index (χ2v) is 10.4. The number of benzene rings is 1. The second kappa shape index (κ2) is 6.57. The zero-order valence-electron chi connectivity index (χ0n) is 18.1. The quantitative estimate of drug-likeness (QED) is 0.549. The van der Waals surface area contributed by atoms with Crippen LogP contribution >= 0.6 is 0 Å². The number of nitrogens with zero attached hydrogens (tertiary/aromatic N) is 1. The Balaban J connectivity index is 1.38. The number of aliphatic hydroxyl groups excluding tert-OH is 1. The normalized spacial score (nSPS) is 37.3. The highest BCUT2D eigenvalue weighted by molar-refractivity contribution is 5.91. The maximum absolute atomic E-state index is 12.1. The number of aliphatic hydroxyl groups is 2. The van der Waals surface area contributed by atoms with Gasteiger partial charge < -0.3 is 15.9 Å². The monoisotopic (exact) mass is 417 g/mol. The Morgan fingerprint density at radius 3 is 2.94 bits per heavy atom. The molecule has 1 heterocycles. The molecule has 0 bridgehead atoms. The molecule has 1 aromatic carbocycles. The lowest BCUT2D eigenvalue weighted by molar-refractivity contribution is -0.0330. The molecule has 5 heteroatoms. The van der Waals surface area contributed by atoms with Gasteiger partial charge in [-0.05, 0) is 79.7 Å². The van der Waals surface area contributed by atoms with E-state index in [0.717, 1.165) is 61.4 Å². The number of nitrogens with one attached hydrogen (secondary N) is 1. The highest BCUT2D eigenvalue weighted by atomic mass is 16.3. The van der Waals surface area contributed by atoms with E-state index in [1.165, 1.54) is 16.7 Å². The van der Waals surface area contributed by atoms with Gasteiger partial charge in [-0.2, -0.15) is 5.10 Å². The van der Waals surface area contributed by atoms with E-state index in [4.69, 9.17) is 5.73 Å². The number of nitrogen functional groups attached to an aromatic ring is 1. The number of fused-ring (bicyclic) bond motifs is 5. The van der Waals surface area contributed by atoms with Crippen molar-refractivity contribution < 1.29 is 10.2 Å². The first-order valence-electron chi connectivity index (χ1n) is 11.6. The summed E-state index contributed by atoms with van der Waals surface area (Å²) >= 11 is 0. The maximum atomic E-state index is 12.1. The molecule has 0 amide bonds. The average molecular weight is 418 g/mol. The molecule has 31 heavy (non-hydrogen) atoms. The van der Waals surface area contributed by atoms with E-state index in [0.29, 0.717) is 11.7 Å². The van der Waals surface area contributed by atoms with Crippen LogP contribution in [0.5, 0.6) is 0 Å². The Kier molecular flexibility index (Phi) is 4.09. The molecule has 6 rings (SSSR count). The van der Waals surface area contributed by atoms with Gasteiger partial charge in [0.2, 0.25) is 0 Å². The molecular formula is C26H31N3O2. The molecule has 5 atom stereocenters. The SMILES string of the molecule is CC12CC=C3C=C4CC(O)CCC4CC[C@]3(O)C1CC=C2c1ccc2c(N)n[nH]c2c1. The molecule has 5 N–H and O–H groups in total. The van der Waals surface area contributed by atoms with Crippen molar-refractivity contribution >= 4 is 22.3 Å². The zero-order valence-corrected chi connectivity index (χ0v) is 18.1. The summed E-state index contributed by atoms with van der Waals surface area (Å²) in [4.78, 5) is 0. The molecular weight excluding hydrogens is 386 g/mol. The molecule has 0 spiro atoms. The van der Waals surface area contributed by atoms with Crippen LogP contribution in [-0.4, -0.2) is 32.1 Å². The Morgan fingerprint density at radius 2 is 2.06 bits per heavy atom. The number of nitrogens with two attached hydrogens (primary N) is 1. The van der Waals surface area contributed by atoms with Crippen LogP contribution in [-0.2, 0) is 0 Å². The molecule has 5 nitrogen and oxygen atoms in total. The summed E-state index contributed by atoms with van der Waals surface area (Å²) in [6, 6.07) is 6.33. The first-order valence-corrected chi connectivity index (χ1v) is 11.6. The van der Waals surface area contributed by atoms with Gasteiger partial charge in [0, 0.05) is 16.7 Å². The van der Waals surface area contributed by atoms with E-state index in [2.05, 4.69) is 47.5 Å². The Morgan fingerprint density at radius 1 is 1.19 bits per heavy atom. The van der Waals surface area contributed by atoms with E-state index in [1.54, 1.807) is 0 Å². The summed E-state index contributed by atoms with van der Waals surface area (Å²) in [7, 11) is 0. The summed E-state index contributed by atoms with van der Waals surface area (Å²) < 4.78 is 0. The molecule has 0 aliphatic heterocycles. The van der Waals surface area contributed by atoms with Crippen LogP contribution in [0.25, 0.3) is 16.5 Å². The summed E-state index contributed by atoms with van der Waals surface area (Å²) in [5.41, 5.74) is 10.9. The van der Waals surface area contributed by atoms with Crippen LogP contribution in [0.15, 0.2) is 47.6 Å². The minimum absolute atomic E-state index is 0.106. The fraction of sp³-hybridized carbons (Fsp3) is 0.500. The van der Waals surface area contributed by atoms with E-state index in [-0.39, 0.29) is 17.4 Å². The van der Waals surface area contributed by atoms with Gasteiger partial charge in [-0.15, -0.1) is 0 Å². The van der Waals surface area contributed by atoms with Crippen molar-refractivity contribution in [2.45, 2.75) is 63.6 Å². The van der Waals surface area contributed by atoms with Gasteiger partial charge in [0.1, 0.15) is 0 Å². The smallest absolute Gasteiger partial charge is 0.153 e. The van der Waals surface area contributed by atoms with Gasteiger partial charge >= 0.3 is 0 Å². The van der Waals surface area contributed by atoms with Crippen LogP contribution in [0.2, 0.25) is 0 Å². The molecule has 2 aromatic rings. The van der Waals surface area contributed by atoms with Gasteiger partial charge in [-0.25, -0.2) is 0 Å². The lowest BCUT2D eigenvalue weighted by Crippen LogP contribution is -2.48. The number of aromatic amines is 1. The molecule has 162 valence electrons. The van der Waals surface area contributed by atoms with Crippen LogP contribution in [0.1, 0.15) is 57.4 Å². The fourth-order valence-electron chi connectivity index (χ4n) is 6.97. The van der Waals surface area contributed by atoms with Crippen LogP contribution in [0.4, 0.5) is 5.82 Å². The molecule has 1 saturated carbocycles. The predicted molar refractivity (Wildman–Crippen MR) is 123 cm³/mol. The first kappa shape index (κ1) is 19.3. The Bertz CT molecular complexity index is 1160. The molecule has 1 fully saturated rings. The molecule has 4 aliphatic rings. The lowest BCUT2D eigenvalue weighted by atomic mass is 9.58. The van der Waals surface area contributed by atoms with Gasteiger partial charge in [0.15, 0.2) is 5.82 Å². The van der Waals surface area contributed by atoms with E-state index in [1.807, 2.05) is 6.07 Å². The summed E-state index contributed by atoms with van der Waals surface area (Å²) in [6.45, 7) is 2.32. The fourth-order valence-corrected chi connectivity index (χ4v) is 6.97. The topological polar surface area (TPSA) is 95.2 Å². The van der Waals surface area contributed by atoms with Gasteiger partial charge in [0.25, 0.3) is 0 Å². The van der Waals surface area contributed by atoms with Crippen molar-refractivity contribution in [1.29, 1.82) is 0 Å². The van der Waals surface area contributed by atoms with Crippen molar-refractivity contribution in [2.75, 3.05) is 5.73 Å². The highest BCUT2D eigenvalue weighted by Gasteiger charge is 2.55. The Labute approximate surface area is 182 Å². The zero-order chi connectivity index (χ0) is 21.4. The number of anilines is 1. The van der Waals surface area contributed by atoms with Crippen LogP contribution in [0.3, 0.4) is 0 Å². The molecule has 0 saturated heterocycles. The second-order valence-electron chi connectivity index (χ2n) is 10.4. The summed E-state index contributed by atoms with van der Waals surface area (Å²) in [6.07, 6.45) is 12.9. The minimum atomic E-state index is -0.803. The maximum Gasteiger partial charge on any atom is 0.153 e. The van der Waals surface area contributed by atoms with E-state index in [9.17, 15) is 10.2 Å². The number of aromatic nitrogens is 2. The van der Waals surface area contributed by atoms with Crippen molar-refractivity contribution in [2.24, 2.45) is 17.3 Å². The summed E-state index contributed by atoms with van der Waals surface area (Å²) in [5, 5.41) is 30.4. The molecule has 4 aliphatic carbocycles. The number of allylic oxidation sites excluding steroid dienone is 3. The van der Waals surface area contributed by atoms with Gasteiger partial charge in [0.05, 0.1) is 17.2 Å². The minimum Gasteiger partial charge on any atom is -0.393 e.